The molecule has 0 aromatic heterocycles. The Morgan fingerprint density at radius 1 is 1.06 bits per heavy atom. The molecular formula is C26H34FN3O5S. The van der Waals surface area contributed by atoms with Gasteiger partial charge in [0.05, 0.1) is 19.1 Å². The molecule has 0 radical (unpaired) electrons. The smallest absolute Gasteiger partial charge is 0.244 e. The number of halogens is 1. The van der Waals surface area contributed by atoms with Crippen molar-refractivity contribution in [1.29, 1.82) is 0 Å². The van der Waals surface area contributed by atoms with Gasteiger partial charge in [0.2, 0.25) is 21.8 Å². The molecule has 8 nitrogen and oxygen atoms in total. The second kappa shape index (κ2) is 12.2. The lowest BCUT2D eigenvalue weighted by Gasteiger charge is -2.33. The molecule has 2 aromatic carbocycles. The predicted molar refractivity (Wildman–Crippen MR) is 137 cm³/mol. The molecule has 1 atom stereocenters. The number of carbonyl (C=O) groups excluding carboxylic acids is 2. The third kappa shape index (κ3) is 7.43. The lowest BCUT2D eigenvalue weighted by molar-refractivity contribution is -0.139. The van der Waals surface area contributed by atoms with Gasteiger partial charge in [0.15, 0.2) is 0 Å². The number of carbonyl (C=O) groups is 2. The van der Waals surface area contributed by atoms with Crippen molar-refractivity contribution < 1.29 is 27.1 Å². The van der Waals surface area contributed by atoms with Crippen LogP contribution < -0.4 is 14.4 Å². The van der Waals surface area contributed by atoms with Crippen molar-refractivity contribution in [2.75, 3.05) is 24.2 Å². The van der Waals surface area contributed by atoms with Crippen molar-refractivity contribution in [2.45, 2.75) is 57.7 Å². The third-order valence-electron chi connectivity index (χ3n) is 6.42. The van der Waals surface area contributed by atoms with E-state index in [0.717, 1.165) is 42.7 Å². The Labute approximate surface area is 212 Å². The first-order chi connectivity index (χ1) is 17.1. The number of sulfonamides is 1. The Morgan fingerprint density at radius 3 is 2.22 bits per heavy atom. The molecule has 0 bridgehead atoms. The first kappa shape index (κ1) is 27.4. The molecule has 1 fully saturated rings. The topological polar surface area (TPSA) is 96.0 Å². The summed E-state index contributed by atoms with van der Waals surface area (Å²) in [5.74, 6) is -0.716. The first-order valence-electron chi connectivity index (χ1n) is 12.0. The van der Waals surface area contributed by atoms with Gasteiger partial charge >= 0.3 is 0 Å². The number of rotatable bonds is 10. The van der Waals surface area contributed by atoms with E-state index in [1.807, 2.05) is 0 Å². The maximum absolute atomic E-state index is 13.5. The lowest BCUT2D eigenvalue weighted by atomic mass is 9.95. The molecule has 0 heterocycles. The first-order valence-corrected chi connectivity index (χ1v) is 13.9. The van der Waals surface area contributed by atoms with Gasteiger partial charge < -0.3 is 15.0 Å². The summed E-state index contributed by atoms with van der Waals surface area (Å²) in [4.78, 5) is 28.0. The van der Waals surface area contributed by atoms with Gasteiger partial charge in [-0.25, -0.2) is 12.8 Å². The summed E-state index contributed by atoms with van der Waals surface area (Å²) in [7, 11) is -2.32. The molecule has 196 valence electrons. The Morgan fingerprint density at radius 2 is 1.67 bits per heavy atom. The van der Waals surface area contributed by atoms with Gasteiger partial charge in [-0.05, 0) is 61.7 Å². The average molecular weight is 520 g/mol. The summed E-state index contributed by atoms with van der Waals surface area (Å²) in [5.41, 5.74) is 0.921. The minimum atomic E-state index is -3.82. The molecule has 1 aliphatic rings. The minimum Gasteiger partial charge on any atom is -0.497 e. The third-order valence-corrected chi connectivity index (χ3v) is 7.57. The number of amides is 2. The van der Waals surface area contributed by atoms with Crippen LogP contribution in [-0.2, 0) is 26.2 Å². The van der Waals surface area contributed by atoms with E-state index < -0.39 is 34.3 Å². The van der Waals surface area contributed by atoms with Crippen LogP contribution in [0.1, 0.15) is 44.6 Å². The summed E-state index contributed by atoms with van der Waals surface area (Å²) in [6, 6.07) is 11.2. The van der Waals surface area contributed by atoms with Crippen LogP contribution in [0.3, 0.4) is 0 Å². The van der Waals surface area contributed by atoms with Gasteiger partial charge in [0.1, 0.15) is 24.2 Å². The zero-order valence-corrected chi connectivity index (χ0v) is 21.8. The molecule has 2 amide bonds. The predicted octanol–water partition coefficient (Wildman–Crippen LogP) is 3.47. The fourth-order valence-electron chi connectivity index (χ4n) is 4.30. The lowest BCUT2D eigenvalue weighted by Crippen LogP contribution is -2.52. The van der Waals surface area contributed by atoms with E-state index in [4.69, 9.17) is 4.74 Å². The van der Waals surface area contributed by atoms with Gasteiger partial charge in [0.25, 0.3) is 0 Å². The molecule has 1 saturated carbocycles. The Bertz CT molecular complexity index is 1130. The van der Waals surface area contributed by atoms with Crippen LogP contribution in [0.5, 0.6) is 5.75 Å². The largest absolute Gasteiger partial charge is 0.497 e. The van der Waals surface area contributed by atoms with Crippen LogP contribution in [0, 0.1) is 5.82 Å². The van der Waals surface area contributed by atoms with Crippen LogP contribution in [-0.4, -0.2) is 57.1 Å². The van der Waals surface area contributed by atoms with Gasteiger partial charge in [-0.3, -0.25) is 13.9 Å². The Kier molecular flexibility index (Phi) is 9.31. The monoisotopic (exact) mass is 519 g/mol. The van der Waals surface area contributed by atoms with Gasteiger partial charge in [0, 0.05) is 12.6 Å². The number of methoxy groups -OCH3 is 1. The van der Waals surface area contributed by atoms with Crippen molar-refractivity contribution in [1.82, 2.24) is 10.2 Å². The van der Waals surface area contributed by atoms with E-state index in [0.29, 0.717) is 17.0 Å². The minimum absolute atomic E-state index is 0.0264. The zero-order valence-electron chi connectivity index (χ0n) is 20.9. The molecule has 3 rings (SSSR count). The SMILES string of the molecule is COc1ccc(N(CC(=O)N(Cc2ccc(F)cc2)C(C)C(=O)NC2CCCCC2)S(C)(=O)=O)cc1. The van der Waals surface area contributed by atoms with Crippen molar-refractivity contribution in [2.24, 2.45) is 0 Å². The molecule has 1 unspecified atom stereocenters. The van der Waals surface area contributed by atoms with Crippen LogP contribution >= 0.6 is 0 Å². The molecule has 0 spiro atoms. The van der Waals surface area contributed by atoms with E-state index in [9.17, 15) is 22.4 Å². The van der Waals surface area contributed by atoms with E-state index in [-0.39, 0.29) is 18.5 Å². The molecule has 10 heteroatoms. The van der Waals surface area contributed by atoms with Crippen molar-refractivity contribution in [3.63, 3.8) is 0 Å². The number of hydrogen-bond donors (Lipinski definition) is 1. The standard InChI is InChI=1S/C26H34FN3O5S/c1-19(26(32)28-22-7-5-4-6-8-22)29(17-20-9-11-21(27)12-10-20)25(31)18-30(36(3,33)34)23-13-15-24(35-2)16-14-23/h9-16,19,22H,4-8,17-18H2,1-3H3,(H,28,32). The van der Waals surface area contributed by atoms with Gasteiger partial charge in [-0.2, -0.15) is 0 Å². The van der Waals surface area contributed by atoms with Crippen molar-refractivity contribution in [3.8, 4) is 5.75 Å². The second-order valence-electron chi connectivity index (χ2n) is 9.14. The summed E-state index contributed by atoms with van der Waals surface area (Å²) in [6.45, 7) is 1.16. The van der Waals surface area contributed by atoms with Crippen LogP contribution in [0.4, 0.5) is 10.1 Å². The highest BCUT2D eigenvalue weighted by Crippen LogP contribution is 2.23. The molecule has 2 aromatic rings. The number of ether oxygens (including phenoxy) is 1. The van der Waals surface area contributed by atoms with Crippen LogP contribution in [0.2, 0.25) is 0 Å². The maximum atomic E-state index is 13.5. The molecule has 0 aliphatic heterocycles. The Hall–Kier alpha value is -3.14. The Balaban J connectivity index is 1.85. The number of anilines is 1. The van der Waals surface area contributed by atoms with Crippen molar-refractivity contribution in [3.05, 3.63) is 59.9 Å². The van der Waals surface area contributed by atoms with Gasteiger partial charge in [-0.1, -0.05) is 31.4 Å². The molecule has 1 aliphatic carbocycles. The summed E-state index contributed by atoms with van der Waals surface area (Å²) < 4.78 is 44.8. The van der Waals surface area contributed by atoms with E-state index in [2.05, 4.69) is 5.32 Å². The molecule has 1 N–H and O–H groups in total. The fraction of sp³-hybridized carbons (Fsp3) is 0.462. The fourth-order valence-corrected chi connectivity index (χ4v) is 5.15. The van der Waals surface area contributed by atoms with Crippen molar-refractivity contribution >= 4 is 27.5 Å². The highest BCUT2D eigenvalue weighted by atomic mass is 32.2. The van der Waals surface area contributed by atoms with Crippen LogP contribution in [0.25, 0.3) is 0 Å². The normalized spacial score (nSPS) is 15.1. The van der Waals surface area contributed by atoms with E-state index in [1.165, 1.54) is 24.1 Å². The number of nitrogens with zero attached hydrogens (tertiary/aromatic N) is 2. The zero-order chi connectivity index (χ0) is 26.3. The quantitative estimate of drug-likeness (QED) is 0.519. The van der Waals surface area contributed by atoms with E-state index >= 15 is 0 Å². The molecule has 36 heavy (non-hydrogen) atoms. The summed E-state index contributed by atoms with van der Waals surface area (Å²) >= 11 is 0. The average Bonchev–Trinajstić information content (AvgIpc) is 2.86. The molecule has 0 saturated heterocycles. The second-order valence-corrected chi connectivity index (χ2v) is 11.0. The highest BCUT2D eigenvalue weighted by molar-refractivity contribution is 7.92. The number of benzene rings is 2. The highest BCUT2D eigenvalue weighted by Gasteiger charge is 2.31. The van der Waals surface area contributed by atoms with E-state index in [1.54, 1.807) is 43.3 Å². The van der Waals surface area contributed by atoms with Crippen LogP contribution in [0.15, 0.2) is 48.5 Å². The summed E-state index contributed by atoms with van der Waals surface area (Å²) in [5, 5.41) is 3.04. The summed E-state index contributed by atoms with van der Waals surface area (Å²) in [6.07, 6.45) is 6.04. The number of hydrogen-bond acceptors (Lipinski definition) is 5. The number of nitrogens with one attached hydrogen (secondary N) is 1. The molecular weight excluding hydrogens is 485 g/mol. The maximum Gasteiger partial charge on any atom is 0.244 e. The van der Waals surface area contributed by atoms with Gasteiger partial charge in [-0.15, -0.1) is 0 Å².